The average molecular weight is 398 g/mol. The quantitative estimate of drug-likeness (QED) is 0.453. The molecule has 1 unspecified atom stereocenters. The third kappa shape index (κ3) is 3.29. The Kier molecular flexibility index (Phi) is 5.56. The fourth-order valence-corrected chi connectivity index (χ4v) is 1.37. The van der Waals surface area contributed by atoms with Crippen molar-refractivity contribution in [1.29, 1.82) is 0 Å². The van der Waals surface area contributed by atoms with Crippen molar-refractivity contribution in [2.24, 2.45) is 0 Å². The second-order valence-electron chi connectivity index (χ2n) is 4.14. The van der Waals surface area contributed by atoms with Crippen LogP contribution in [-0.2, 0) is 0 Å². The first-order chi connectivity index (χ1) is 9.67. The molecule has 0 bridgehead atoms. The number of thiol groups is 1. The molecule has 0 nitrogen and oxygen atoms in total. The lowest BCUT2D eigenvalue weighted by atomic mass is 9.93. The van der Waals surface area contributed by atoms with Crippen LogP contribution in [-0.4, -0.2) is 41.3 Å². The summed E-state index contributed by atoms with van der Waals surface area (Å²) in [6, 6.07) is 0. The van der Waals surface area contributed by atoms with Crippen LogP contribution in [0.2, 0.25) is 0 Å². The molecule has 0 aromatic carbocycles. The third-order valence-electron chi connectivity index (χ3n) is 2.42. The van der Waals surface area contributed by atoms with Gasteiger partial charge in [-0.25, -0.2) is 4.39 Å². The van der Waals surface area contributed by atoms with Crippen molar-refractivity contribution >= 4 is 12.6 Å². The van der Waals surface area contributed by atoms with Gasteiger partial charge in [-0.1, -0.05) is 0 Å². The third-order valence-corrected chi connectivity index (χ3v) is 2.61. The summed E-state index contributed by atoms with van der Waals surface area (Å²) in [6.45, 7) is 0. The standard InChI is InChI=1S/C8H4F14S/c9-2(23)1-3(10,11)4(12,13)5(14,15)6(16,17)7(18,19)8(20,21)22/h2,23H,1H2. The molecule has 0 radical (unpaired) electrons. The summed E-state index contributed by atoms with van der Waals surface area (Å²) in [7, 11) is 0. The van der Waals surface area contributed by atoms with Crippen molar-refractivity contribution in [2.45, 2.75) is 47.7 Å². The lowest BCUT2D eigenvalue weighted by molar-refractivity contribution is -0.440. The van der Waals surface area contributed by atoms with E-state index in [0.717, 1.165) is 0 Å². The van der Waals surface area contributed by atoms with Crippen LogP contribution in [0.3, 0.4) is 0 Å². The van der Waals surface area contributed by atoms with E-state index in [2.05, 4.69) is 12.6 Å². The largest absolute Gasteiger partial charge is 0.460 e. The Labute approximate surface area is 123 Å². The van der Waals surface area contributed by atoms with Crippen LogP contribution in [0.15, 0.2) is 0 Å². The minimum atomic E-state index is -7.96. The number of halogens is 14. The van der Waals surface area contributed by atoms with Gasteiger partial charge in [0.2, 0.25) is 0 Å². The Morgan fingerprint density at radius 1 is 0.565 bits per heavy atom. The van der Waals surface area contributed by atoms with E-state index in [-0.39, 0.29) is 0 Å². The topological polar surface area (TPSA) is 0 Å². The van der Waals surface area contributed by atoms with Crippen LogP contribution in [0, 0.1) is 0 Å². The fraction of sp³-hybridized carbons (Fsp3) is 1.00. The predicted molar refractivity (Wildman–Crippen MR) is 49.3 cm³/mol. The Morgan fingerprint density at radius 2 is 0.870 bits per heavy atom. The maximum atomic E-state index is 12.9. The minimum Gasteiger partial charge on any atom is -0.236 e. The molecule has 0 rings (SSSR count). The second kappa shape index (κ2) is 5.72. The van der Waals surface area contributed by atoms with E-state index < -0.39 is 47.7 Å². The molecule has 0 aliphatic heterocycles. The van der Waals surface area contributed by atoms with Gasteiger partial charge in [-0.05, 0) is 0 Å². The Hall–Kier alpha value is -0.630. The van der Waals surface area contributed by atoms with Gasteiger partial charge in [0.05, 0.1) is 6.42 Å². The van der Waals surface area contributed by atoms with Crippen molar-refractivity contribution in [2.75, 3.05) is 0 Å². The first-order valence-corrected chi connectivity index (χ1v) is 5.46. The molecule has 0 heterocycles. The van der Waals surface area contributed by atoms with Crippen LogP contribution in [0.25, 0.3) is 0 Å². The summed E-state index contributed by atoms with van der Waals surface area (Å²) in [5.41, 5.74) is -3.29. The SMILES string of the molecule is FC(S)CC(F)(F)C(F)(F)C(F)(F)C(F)(F)C(F)(F)C(F)(F)F. The van der Waals surface area contributed by atoms with Crippen LogP contribution in [0.4, 0.5) is 61.5 Å². The summed E-state index contributed by atoms with van der Waals surface area (Å²) in [5, 5.41) is 0. The summed E-state index contributed by atoms with van der Waals surface area (Å²) < 4.78 is 174. The van der Waals surface area contributed by atoms with Crippen molar-refractivity contribution in [3.63, 3.8) is 0 Å². The van der Waals surface area contributed by atoms with Crippen LogP contribution < -0.4 is 0 Å². The lowest BCUT2D eigenvalue weighted by Crippen LogP contribution is -2.70. The van der Waals surface area contributed by atoms with E-state index in [1.54, 1.807) is 0 Å². The van der Waals surface area contributed by atoms with Gasteiger partial charge in [-0.15, -0.1) is 12.6 Å². The van der Waals surface area contributed by atoms with Gasteiger partial charge < -0.3 is 0 Å². The van der Waals surface area contributed by atoms with E-state index in [9.17, 15) is 61.5 Å². The summed E-state index contributed by atoms with van der Waals surface area (Å²) in [6.07, 6.45) is -10.4. The first-order valence-electron chi connectivity index (χ1n) is 4.94. The van der Waals surface area contributed by atoms with E-state index in [1.807, 2.05) is 0 Å². The minimum absolute atomic E-state index is 2.45. The average Bonchev–Trinajstić information content (AvgIpc) is 2.24. The first kappa shape index (κ1) is 22.4. The zero-order chi connectivity index (χ0) is 19.3. The van der Waals surface area contributed by atoms with Gasteiger partial charge in [0, 0.05) is 0 Å². The van der Waals surface area contributed by atoms with Gasteiger partial charge in [0.15, 0.2) is 0 Å². The fourth-order valence-electron chi connectivity index (χ4n) is 1.14. The molecule has 0 aromatic rings. The summed E-state index contributed by atoms with van der Waals surface area (Å²) >= 11 is 2.45. The molecule has 0 spiro atoms. The van der Waals surface area contributed by atoms with E-state index in [4.69, 9.17) is 0 Å². The molecular weight excluding hydrogens is 394 g/mol. The van der Waals surface area contributed by atoms with Crippen molar-refractivity contribution in [1.82, 2.24) is 0 Å². The zero-order valence-corrected chi connectivity index (χ0v) is 10.9. The molecule has 15 heteroatoms. The van der Waals surface area contributed by atoms with Gasteiger partial charge in [-0.3, -0.25) is 0 Å². The maximum absolute atomic E-state index is 12.9. The monoisotopic (exact) mass is 398 g/mol. The molecule has 0 aliphatic carbocycles. The predicted octanol–water partition coefficient (Wildman–Crippen LogP) is 5.34. The van der Waals surface area contributed by atoms with Crippen LogP contribution >= 0.6 is 12.6 Å². The van der Waals surface area contributed by atoms with Crippen LogP contribution in [0.1, 0.15) is 6.42 Å². The Morgan fingerprint density at radius 3 is 1.13 bits per heavy atom. The highest BCUT2D eigenvalue weighted by Gasteiger charge is 2.90. The molecule has 0 saturated heterocycles. The highest BCUT2D eigenvalue weighted by Crippen LogP contribution is 2.60. The second-order valence-corrected chi connectivity index (χ2v) is 4.70. The molecule has 1 atom stereocenters. The van der Waals surface area contributed by atoms with E-state index in [1.165, 1.54) is 0 Å². The molecule has 0 saturated carbocycles. The highest BCUT2D eigenvalue weighted by molar-refractivity contribution is 7.80. The molecule has 0 fully saturated rings. The molecule has 23 heavy (non-hydrogen) atoms. The summed E-state index contributed by atoms with van der Waals surface area (Å²) in [4.78, 5) is 0. The van der Waals surface area contributed by atoms with Crippen molar-refractivity contribution in [3.05, 3.63) is 0 Å². The highest BCUT2D eigenvalue weighted by atomic mass is 32.1. The zero-order valence-electron chi connectivity index (χ0n) is 10.0. The van der Waals surface area contributed by atoms with E-state index in [0.29, 0.717) is 0 Å². The molecule has 0 aliphatic rings. The summed E-state index contributed by atoms with van der Waals surface area (Å²) in [5.74, 6) is -37.5. The molecule has 0 aromatic heterocycles. The molecule has 0 N–H and O–H groups in total. The number of hydrogen-bond donors (Lipinski definition) is 1. The number of hydrogen-bond acceptors (Lipinski definition) is 1. The van der Waals surface area contributed by atoms with Crippen molar-refractivity contribution < 1.29 is 61.5 Å². The lowest BCUT2D eigenvalue weighted by Gasteiger charge is -2.39. The molecule has 0 amide bonds. The van der Waals surface area contributed by atoms with Gasteiger partial charge in [0.25, 0.3) is 0 Å². The molecule has 140 valence electrons. The van der Waals surface area contributed by atoms with E-state index >= 15 is 0 Å². The molecular formula is C8H4F14S. The Bertz CT molecular complexity index is 421. The van der Waals surface area contributed by atoms with Crippen molar-refractivity contribution in [3.8, 4) is 0 Å². The number of alkyl halides is 14. The normalized spacial score (nSPS) is 17.3. The van der Waals surface area contributed by atoms with Gasteiger partial charge in [0.1, 0.15) is 5.50 Å². The van der Waals surface area contributed by atoms with Crippen LogP contribution in [0.5, 0.6) is 0 Å². The maximum Gasteiger partial charge on any atom is 0.460 e. The van der Waals surface area contributed by atoms with Gasteiger partial charge in [-0.2, -0.15) is 57.1 Å². The smallest absolute Gasteiger partial charge is 0.236 e. The number of rotatable bonds is 6. The Balaban J connectivity index is 6.14. The van der Waals surface area contributed by atoms with Gasteiger partial charge >= 0.3 is 35.8 Å².